The molecule has 2 N–H and O–H groups in total. The molecule has 0 spiro atoms. The van der Waals surface area contributed by atoms with Crippen LogP contribution in [0.3, 0.4) is 0 Å². The monoisotopic (exact) mass is 337 g/mol. The van der Waals surface area contributed by atoms with Crippen LogP contribution in [0, 0.1) is 11.3 Å². The van der Waals surface area contributed by atoms with Gasteiger partial charge in [0.05, 0.1) is 23.9 Å². The van der Waals surface area contributed by atoms with Crippen molar-refractivity contribution in [1.29, 1.82) is 5.26 Å². The number of nitrogens with one attached hydrogen (secondary N) is 1. The van der Waals surface area contributed by atoms with Gasteiger partial charge < -0.3 is 14.8 Å². The highest BCUT2D eigenvalue weighted by Crippen LogP contribution is 2.26. The number of H-pyrrole nitrogens is 1. The van der Waals surface area contributed by atoms with E-state index in [1.165, 1.54) is 11.8 Å². The van der Waals surface area contributed by atoms with Crippen LogP contribution in [0.4, 0.5) is 0 Å². The highest BCUT2D eigenvalue weighted by molar-refractivity contribution is 7.99. The van der Waals surface area contributed by atoms with E-state index in [2.05, 4.69) is 9.97 Å². The number of hydrogen-bond acceptors (Lipinski definition) is 5. The highest BCUT2D eigenvalue weighted by atomic mass is 32.2. The van der Waals surface area contributed by atoms with E-state index < -0.39 is 0 Å². The molecule has 3 rings (SSSR count). The minimum Gasteiger partial charge on any atom is -0.510 e. The minimum absolute atomic E-state index is 0.00984. The quantitative estimate of drug-likeness (QED) is 0.415. The van der Waals surface area contributed by atoms with Gasteiger partial charge in [-0.15, -0.1) is 11.8 Å². The number of hydrogen-bond donors (Lipinski definition) is 2. The molecule has 120 valence electrons. The predicted molar refractivity (Wildman–Crippen MR) is 95.0 cm³/mol. The van der Waals surface area contributed by atoms with Crippen molar-refractivity contribution in [3.63, 3.8) is 0 Å². The largest absolute Gasteiger partial charge is 0.510 e. The van der Waals surface area contributed by atoms with Crippen molar-refractivity contribution in [2.45, 2.75) is 4.90 Å². The van der Waals surface area contributed by atoms with Crippen LogP contribution in [0.25, 0.3) is 16.6 Å². The summed E-state index contributed by atoms with van der Waals surface area (Å²) >= 11 is 1.42. The van der Waals surface area contributed by atoms with Gasteiger partial charge in [0.15, 0.2) is 5.82 Å². The first-order chi connectivity index (χ1) is 11.7. The summed E-state index contributed by atoms with van der Waals surface area (Å²) in [6.45, 7) is 0. The Bertz CT molecular complexity index is 908. The normalized spacial score (nSPS) is 11.8. The first-order valence-corrected chi connectivity index (χ1v) is 8.24. The number of allylic oxidation sites excluding steroid dienone is 1. The van der Waals surface area contributed by atoms with E-state index in [-0.39, 0.29) is 17.1 Å². The minimum atomic E-state index is -0.00984. The van der Waals surface area contributed by atoms with Crippen molar-refractivity contribution >= 4 is 28.4 Å². The number of ether oxygens (including phenoxy) is 1. The van der Waals surface area contributed by atoms with Crippen LogP contribution >= 0.6 is 11.8 Å². The molecule has 0 saturated heterocycles. The van der Waals surface area contributed by atoms with Gasteiger partial charge in [-0.3, -0.25) is 0 Å². The molecule has 0 fully saturated rings. The van der Waals surface area contributed by atoms with Crippen LogP contribution in [0.2, 0.25) is 0 Å². The lowest BCUT2D eigenvalue weighted by Crippen LogP contribution is -1.95. The summed E-state index contributed by atoms with van der Waals surface area (Å²) in [5.74, 6) is 1.39. The van der Waals surface area contributed by atoms with Gasteiger partial charge in [-0.25, -0.2) is 4.98 Å². The zero-order chi connectivity index (χ0) is 16.9. The number of aliphatic hydroxyl groups is 1. The van der Waals surface area contributed by atoms with Gasteiger partial charge in [0.2, 0.25) is 0 Å². The fourth-order valence-electron chi connectivity index (χ4n) is 2.24. The highest BCUT2D eigenvalue weighted by Gasteiger charge is 2.13. The molecule has 0 radical (unpaired) electrons. The molecule has 0 amide bonds. The smallest absolute Gasteiger partial charge is 0.152 e. The Morgan fingerprint density at radius 3 is 2.88 bits per heavy atom. The molecule has 2 aromatic carbocycles. The number of nitrogens with zero attached hydrogens (tertiary/aromatic N) is 2. The van der Waals surface area contributed by atoms with Gasteiger partial charge >= 0.3 is 0 Å². The van der Waals surface area contributed by atoms with Crippen molar-refractivity contribution in [2.75, 3.05) is 12.9 Å². The van der Waals surface area contributed by atoms with Gasteiger partial charge in [-0.1, -0.05) is 18.2 Å². The van der Waals surface area contributed by atoms with Crippen LogP contribution in [0.5, 0.6) is 5.75 Å². The van der Waals surface area contributed by atoms with Crippen LogP contribution in [-0.4, -0.2) is 27.9 Å². The van der Waals surface area contributed by atoms with Crippen LogP contribution < -0.4 is 4.74 Å². The molecule has 24 heavy (non-hydrogen) atoms. The Hall–Kier alpha value is -2.91. The van der Waals surface area contributed by atoms with Gasteiger partial charge in [-0.05, 0) is 30.3 Å². The van der Waals surface area contributed by atoms with Gasteiger partial charge in [0.25, 0.3) is 0 Å². The molecule has 0 aliphatic heterocycles. The molecule has 0 aliphatic rings. The number of imidazole rings is 1. The SMILES string of the molecule is COc1cccc(SC/C(O)=C(\C#N)c2nc3ccccc3[nH]2)c1. The third kappa shape index (κ3) is 3.36. The molecule has 1 heterocycles. The topological polar surface area (TPSA) is 81.9 Å². The Kier molecular flexibility index (Phi) is 4.73. The second-order valence-corrected chi connectivity index (χ2v) is 6.05. The lowest BCUT2D eigenvalue weighted by molar-refractivity contribution is 0.413. The van der Waals surface area contributed by atoms with E-state index in [1.54, 1.807) is 7.11 Å². The number of aromatic amines is 1. The third-order valence-electron chi connectivity index (χ3n) is 3.44. The number of fused-ring (bicyclic) bond motifs is 1. The number of aromatic nitrogens is 2. The molecule has 0 unspecified atom stereocenters. The van der Waals surface area contributed by atoms with Crippen molar-refractivity contribution in [2.24, 2.45) is 0 Å². The lowest BCUT2D eigenvalue weighted by Gasteiger charge is -2.05. The second-order valence-electron chi connectivity index (χ2n) is 5.00. The molecule has 0 atom stereocenters. The van der Waals surface area contributed by atoms with Gasteiger partial charge in [-0.2, -0.15) is 5.26 Å². The average Bonchev–Trinajstić information content (AvgIpc) is 3.04. The standard InChI is InChI=1S/C18H15N3O2S/c1-23-12-5-4-6-13(9-12)24-11-17(22)14(10-19)18-20-15-7-2-3-8-16(15)21-18/h2-9,22H,11H2,1H3,(H,20,21)/b17-14-. The van der Waals surface area contributed by atoms with E-state index >= 15 is 0 Å². The number of benzene rings is 2. The van der Waals surface area contributed by atoms with E-state index in [0.29, 0.717) is 5.82 Å². The molecular weight excluding hydrogens is 322 g/mol. The van der Waals surface area contributed by atoms with Crippen molar-refractivity contribution in [3.05, 3.63) is 60.1 Å². The summed E-state index contributed by atoms with van der Waals surface area (Å²) in [5, 5.41) is 19.7. The fourth-order valence-corrected chi connectivity index (χ4v) is 3.06. The van der Waals surface area contributed by atoms with Crippen LogP contribution in [0.1, 0.15) is 5.82 Å². The Balaban J connectivity index is 1.83. The predicted octanol–water partition coefficient (Wildman–Crippen LogP) is 4.16. The van der Waals surface area contributed by atoms with Crippen LogP contribution in [0.15, 0.2) is 59.2 Å². The Morgan fingerprint density at radius 2 is 2.12 bits per heavy atom. The summed E-state index contributed by atoms with van der Waals surface area (Å²) in [7, 11) is 1.61. The van der Waals surface area contributed by atoms with Crippen molar-refractivity contribution in [3.8, 4) is 11.8 Å². The second kappa shape index (κ2) is 7.11. The van der Waals surface area contributed by atoms with E-state index in [4.69, 9.17) is 4.74 Å². The maximum atomic E-state index is 10.3. The van der Waals surface area contributed by atoms with Crippen molar-refractivity contribution in [1.82, 2.24) is 9.97 Å². The van der Waals surface area contributed by atoms with E-state index in [0.717, 1.165) is 21.7 Å². The lowest BCUT2D eigenvalue weighted by atomic mass is 10.2. The van der Waals surface area contributed by atoms with Gasteiger partial charge in [0, 0.05) is 4.90 Å². The number of thioether (sulfide) groups is 1. The summed E-state index contributed by atoms with van der Waals surface area (Å²) < 4.78 is 5.18. The first-order valence-electron chi connectivity index (χ1n) is 7.25. The number of rotatable bonds is 5. The molecule has 0 bridgehead atoms. The third-order valence-corrected chi connectivity index (χ3v) is 4.45. The Labute approximate surface area is 143 Å². The molecule has 0 saturated carbocycles. The first kappa shape index (κ1) is 16.0. The summed E-state index contributed by atoms with van der Waals surface area (Å²) in [5.41, 5.74) is 1.74. The number of methoxy groups -OCH3 is 1. The summed E-state index contributed by atoms with van der Waals surface area (Å²) in [4.78, 5) is 8.37. The average molecular weight is 337 g/mol. The molecule has 5 nitrogen and oxygen atoms in total. The van der Waals surface area contributed by atoms with Crippen LogP contribution in [-0.2, 0) is 0 Å². The molecule has 0 aliphatic carbocycles. The molecule has 3 aromatic rings. The number of aliphatic hydroxyl groups excluding tert-OH is 1. The fraction of sp³-hybridized carbons (Fsp3) is 0.111. The number of nitriles is 1. The van der Waals surface area contributed by atoms with Crippen molar-refractivity contribution < 1.29 is 9.84 Å². The molecule has 6 heteroatoms. The molecular formula is C18H15N3O2S. The summed E-state index contributed by atoms with van der Waals surface area (Å²) in [6.07, 6.45) is 0. The number of para-hydroxylation sites is 2. The molecule has 1 aromatic heterocycles. The van der Waals surface area contributed by atoms with E-state index in [9.17, 15) is 10.4 Å². The van der Waals surface area contributed by atoms with Gasteiger partial charge in [0.1, 0.15) is 23.2 Å². The zero-order valence-corrected chi connectivity index (χ0v) is 13.8. The summed E-state index contributed by atoms with van der Waals surface area (Å²) in [6, 6.07) is 17.1. The Morgan fingerprint density at radius 1 is 1.29 bits per heavy atom. The van der Waals surface area contributed by atoms with E-state index in [1.807, 2.05) is 54.6 Å². The maximum Gasteiger partial charge on any atom is 0.152 e. The maximum absolute atomic E-state index is 10.3. The zero-order valence-electron chi connectivity index (χ0n) is 13.0.